The molecule has 0 aliphatic carbocycles. The molecule has 1 aliphatic rings. The summed E-state index contributed by atoms with van der Waals surface area (Å²) in [5.41, 5.74) is 1.60. The van der Waals surface area contributed by atoms with Crippen molar-refractivity contribution in [2.24, 2.45) is 0 Å². The van der Waals surface area contributed by atoms with E-state index in [1.54, 1.807) is 7.11 Å². The number of carbonyl (C=O) groups excluding carboxylic acids is 1. The van der Waals surface area contributed by atoms with Crippen molar-refractivity contribution in [3.8, 4) is 11.3 Å². The van der Waals surface area contributed by atoms with Crippen molar-refractivity contribution in [3.63, 3.8) is 0 Å². The molecule has 0 spiro atoms. The molecule has 1 aliphatic heterocycles. The number of carbonyl (C=O) groups is 1. The van der Waals surface area contributed by atoms with Crippen LogP contribution in [0.4, 0.5) is 0 Å². The molecule has 1 saturated heterocycles. The van der Waals surface area contributed by atoms with Crippen LogP contribution in [0.15, 0.2) is 40.8 Å². The lowest BCUT2D eigenvalue weighted by molar-refractivity contribution is 0.0766. The van der Waals surface area contributed by atoms with Gasteiger partial charge in [-0.3, -0.25) is 4.79 Å². The SMILES string of the molecule is CO[C@H]1CN(C)C[C@@H]1NC(=O)c1ccc(-c2ccc(C)o2)cc1. The van der Waals surface area contributed by atoms with Crippen LogP contribution in [-0.2, 0) is 4.74 Å². The third kappa shape index (κ3) is 3.46. The number of methoxy groups -OCH3 is 1. The van der Waals surface area contributed by atoms with Gasteiger partial charge < -0.3 is 19.4 Å². The van der Waals surface area contributed by atoms with Crippen LogP contribution < -0.4 is 5.32 Å². The van der Waals surface area contributed by atoms with Crippen molar-refractivity contribution in [2.75, 3.05) is 27.2 Å². The van der Waals surface area contributed by atoms with Gasteiger partial charge in [0, 0.05) is 31.3 Å². The lowest BCUT2D eigenvalue weighted by Crippen LogP contribution is -2.43. The maximum atomic E-state index is 12.4. The number of amides is 1. The van der Waals surface area contributed by atoms with Crippen molar-refractivity contribution in [1.82, 2.24) is 10.2 Å². The van der Waals surface area contributed by atoms with Gasteiger partial charge in [0.1, 0.15) is 11.5 Å². The van der Waals surface area contributed by atoms with Gasteiger partial charge in [-0.25, -0.2) is 0 Å². The molecule has 0 unspecified atom stereocenters. The van der Waals surface area contributed by atoms with Gasteiger partial charge in [0.2, 0.25) is 0 Å². The third-order valence-corrected chi connectivity index (χ3v) is 4.24. The average Bonchev–Trinajstić information content (AvgIpc) is 3.13. The van der Waals surface area contributed by atoms with E-state index in [1.165, 1.54) is 0 Å². The molecule has 3 rings (SSSR count). The molecule has 2 atom stereocenters. The normalized spacial score (nSPS) is 21.5. The number of likely N-dealkylation sites (tertiary alicyclic amines) is 1. The summed E-state index contributed by atoms with van der Waals surface area (Å²) in [6, 6.07) is 11.3. The van der Waals surface area contributed by atoms with E-state index < -0.39 is 0 Å². The highest BCUT2D eigenvalue weighted by Gasteiger charge is 2.32. The lowest BCUT2D eigenvalue weighted by Gasteiger charge is -2.18. The molecule has 23 heavy (non-hydrogen) atoms. The zero-order valence-electron chi connectivity index (χ0n) is 13.7. The molecule has 1 N–H and O–H groups in total. The Hall–Kier alpha value is -2.11. The molecule has 2 heterocycles. The molecule has 1 amide bonds. The summed E-state index contributed by atoms with van der Waals surface area (Å²) in [6.07, 6.45) is 0.0364. The summed E-state index contributed by atoms with van der Waals surface area (Å²) in [4.78, 5) is 14.6. The number of hydrogen-bond donors (Lipinski definition) is 1. The van der Waals surface area contributed by atoms with E-state index in [2.05, 4.69) is 10.2 Å². The van der Waals surface area contributed by atoms with E-state index in [9.17, 15) is 4.79 Å². The van der Waals surface area contributed by atoms with Gasteiger partial charge in [-0.2, -0.15) is 0 Å². The average molecular weight is 314 g/mol. The van der Waals surface area contributed by atoms with Gasteiger partial charge >= 0.3 is 0 Å². The Morgan fingerprint density at radius 2 is 1.96 bits per heavy atom. The third-order valence-electron chi connectivity index (χ3n) is 4.24. The second-order valence-corrected chi connectivity index (χ2v) is 6.06. The number of likely N-dealkylation sites (N-methyl/N-ethyl adjacent to an activating group) is 1. The molecule has 1 fully saturated rings. The standard InChI is InChI=1S/C18H22N2O3/c1-12-4-9-16(23-12)13-5-7-14(8-6-13)18(21)19-15-10-20(2)11-17(15)22-3/h4-9,15,17H,10-11H2,1-3H3,(H,19,21)/t15-,17-/m0/s1. The van der Waals surface area contributed by atoms with E-state index in [4.69, 9.17) is 9.15 Å². The van der Waals surface area contributed by atoms with Crippen LogP contribution in [0.3, 0.4) is 0 Å². The highest BCUT2D eigenvalue weighted by molar-refractivity contribution is 5.94. The summed E-state index contributed by atoms with van der Waals surface area (Å²) >= 11 is 0. The first-order chi connectivity index (χ1) is 11.1. The fourth-order valence-corrected chi connectivity index (χ4v) is 2.97. The van der Waals surface area contributed by atoms with E-state index in [0.717, 1.165) is 30.2 Å². The summed E-state index contributed by atoms with van der Waals surface area (Å²) in [5.74, 6) is 1.61. The molecule has 1 aromatic carbocycles. The molecule has 0 saturated carbocycles. The van der Waals surface area contributed by atoms with E-state index in [0.29, 0.717) is 5.56 Å². The fraction of sp³-hybridized carbons (Fsp3) is 0.389. The largest absolute Gasteiger partial charge is 0.461 e. The molecule has 2 aromatic rings. The number of benzene rings is 1. The second-order valence-electron chi connectivity index (χ2n) is 6.06. The topological polar surface area (TPSA) is 54.7 Å². The molecule has 0 bridgehead atoms. The highest BCUT2D eigenvalue weighted by atomic mass is 16.5. The van der Waals surface area contributed by atoms with E-state index in [1.807, 2.05) is 50.4 Å². The minimum Gasteiger partial charge on any atom is -0.461 e. The first-order valence-electron chi connectivity index (χ1n) is 7.76. The van der Waals surface area contributed by atoms with Crippen LogP contribution in [0.2, 0.25) is 0 Å². The molecular formula is C18H22N2O3. The van der Waals surface area contributed by atoms with Crippen molar-refractivity contribution >= 4 is 5.91 Å². The monoisotopic (exact) mass is 314 g/mol. The van der Waals surface area contributed by atoms with Gasteiger partial charge in [-0.15, -0.1) is 0 Å². The lowest BCUT2D eigenvalue weighted by atomic mass is 10.1. The summed E-state index contributed by atoms with van der Waals surface area (Å²) in [6.45, 7) is 3.54. The predicted molar refractivity (Wildman–Crippen MR) is 88.4 cm³/mol. The molecule has 1 aromatic heterocycles. The predicted octanol–water partition coefficient (Wildman–Crippen LogP) is 2.31. The molecular weight excluding hydrogens is 292 g/mol. The summed E-state index contributed by atoms with van der Waals surface area (Å²) < 4.78 is 11.0. The fourth-order valence-electron chi connectivity index (χ4n) is 2.97. The first kappa shape index (κ1) is 15.8. The molecule has 122 valence electrons. The maximum absolute atomic E-state index is 12.4. The van der Waals surface area contributed by atoms with Gasteiger partial charge in [0.25, 0.3) is 5.91 Å². The van der Waals surface area contributed by atoms with Crippen LogP contribution in [0.25, 0.3) is 11.3 Å². The number of hydrogen-bond acceptors (Lipinski definition) is 4. The number of furan rings is 1. The number of aryl methyl sites for hydroxylation is 1. The van der Waals surface area contributed by atoms with Gasteiger partial charge in [0.05, 0.1) is 12.1 Å². The number of nitrogens with one attached hydrogen (secondary N) is 1. The smallest absolute Gasteiger partial charge is 0.251 e. The van der Waals surface area contributed by atoms with Gasteiger partial charge in [0.15, 0.2) is 0 Å². The number of nitrogens with zero attached hydrogens (tertiary/aromatic N) is 1. The Balaban J connectivity index is 1.68. The minimum atomic E-state index is -0.0745. The maximum Gasteiger partial charge on any atom is 0.251 e. The summed E-state index contributed by atoms with van der Waals surface area (Å²) in [5, 5.41) is 3.06. The van der Waals surface area contributed by atoms with Gasteiger partial charge in [-0.1, -0.05) is 12.1 Å². The van der Waals surface area contributed by atoms with Crippen molar-refractivity contribution in [2.45, 2.75) is 19.1 Å². The zero-order chi connectivity index (χ0) is 16.4. The van der Waals surface area contributed by atoms with Crippen LogP contribution >= 0.6 is 0 Å². The number of ether oxygens (including phenoxy) is 1. The summed E-state index contributed by atoms with van der Waals surface area (Å²) in [7, 11) is 3.71. The van der Waals surface area contributed by atoms with Crippen LogP contribution in [0.5, 0.6) is 0 Å². The molecule has 5 heteroatoms. The Labute approximate surface area is 136 Å². The van der Waals surface area contributed by atoms with Crippen LogP contribution in [-0.4, -0.2) is 50.2 Å². The molecule has 5 nitrogen and oxygen atoms in total. The molecule has 0 radical (unpaired) electrons. The van der Waals surface area contributed by atoms with Gasteiger partial charge in [-0.05, 0) is 38.2 Å². The Morgan fingerprint density at radius 1 is 1.22 bits per heavy atom. The van der Waals surface area contributed by atoms with Crippen molar-refractivity contribution in [1.29, 1.82) is 0 Å². The Morgan fingerprint density at radius 3 is 2.57 bits per heavy atom. The van der Waals surface area contributed by atoms with Crippen molar-refractivity contribution in [3.05, 3.63) is 47.7 Å². The van der Waals surface area contributed by atoms with Crippen LogP contribution in [0, 0.1) is 6.92 Å². The van der Waals surface area contributed by atoms with E-state index in [-0.39, 0.29) is 18.1 Å². The second kappa shape index (κ2) is 6.56. The van der Waals surface area contributed by atoms with Crippen LogP contribution in [0.1, 0.15) is 16.1 Å². The Kier molecular flexibility index (Phi) is 4.50. The zero-order valence-corrected chi connectivity index (χ0v) is 13.7. The quantitative estimate of drug-likeness (QED) is 0.941. The first-order valence-corrected chi connectivity index (χ1v) is 7.76. The Bertz CT molecular complexity index is 678. The number of rotatable bonds is 4. The minimum absolute atomic E-state index is 0.0184. The van der Waals surface area contributed by atoms with E-state index >= 15 is 0 Å². The highest BCUT2D eigenvalue weighted by Crippen LogP contribution is 2.22. The van der Waals surface area contributed by atoms with Crippen molar-refractivity contribution < 1.29 is 13.9 Å².